The number of alkyl carbamates (subject to hydrolysis) is 1. The molecule has 2 amide bonds. The van der Waals surface area contributed by atoms with Crippen LogP contribution in [0.3, 0.4) is 0 Å². The molecule has 0 bridgehead atoms. The molecule has 3 fully saturated rings. The number of ether oxygens (including phenoxy) is 2. The van der Waals surface area contributed by atoms with Crippen LogP contribution in [-0.2, 0) is 25.5 Å². The van der Waals surface area contributed by atoms with Crippen LogP contribution in [0.1, 0.15) is 106 Å². The van der Waals surface area contributed by atoms with Crippen LogP contribution in [0.2, 0.25) is 5.02 Å². The highest BCUT2D eigenvalue weighted by atomic mass is 35.5. The number of halogens is 1. The number of carbonyl (C=O) groups is 4. The summed E-state index contributed by atoms with van der Waals surface area (Å²) in [5, 5.41) is 3.35. The van der Waals surface area contributed by atoms with Gasteiger partial charge in [-0.2, -0.15) is 0 Å². The maximum atomic E-state index is 14.7. The van der Waals surface area contributed by atoms with E-state index < -0.39 is 30.0 Å². The lowest BCUT2D eigenvalue weighted by atomic mass is 9.89. The number of hydrogen-bond donors (Lipinski definition) is 2. The highest BCUT2D eigenvalue weighted by molar-refractivity contribution is 6.30. The van der Waals surface area contributed by atoms with Crippen LogP contribution in [-0.4, -0.2) is 77.9 Å². The van der Waals surface area contributed by atoms with E-state index in [-0.39, 0.29) is 42.9 Å². The van der Waals surface area contributed by atoms with Crippen molar-refractivity contribution < 1.29 is 33.1 Å². The first-order valence-electron chi connectivity index (χ1n) is 20.0. The summed E-state index contributed by atoms with van der Waals surface area (Å²) in [7, 11) is 0. The Labute approximate surface area is 323 Å². The predicted molar refractivity (Wildman–Crippen MR) is 206 cm³/mol. The van der Waals surface area contributed by atoms with Crippen molar-refractivity contribution in [3.63, 3.8) is 0 Å². The smallest absolute Gasteiger partial charge is 0.407 e. The lowest BCUT2D eigenvalue weighted by molar-refractivity contribution is -0.139. The van der Waals surface area contributed by atoms with Crippen molar-refractivity contribution in [2.75, 3.05) is 26.3 Å². The summed E-state index contributed by atoms with van der Waals surface area (Å²) in [5.74, 6) is -0.956. The summed E-state index contributed by atoms with van der Waals surface area (Å²) in [5.41, 5.74) is 7.62. The molecule has 3 aliphatic rings. The maximum absolute atomic E-state index is 14.7. The van der Waals surface area contributed by atoms with Gasteiger partial charge in [-0.1, -0.05) is 74.4 Å². The molecular weight excluding hydrogens is 708 g/mol. The van der Waals surface area contributed by atoms with Crippen LogP contribution in [0.4, 0.5) is 4.79 Å². The normalized spacial score (nSPS) is 20.6. The Morgan fingerprint density at radius 3 is 2.43 bits per heavy atom. The minimum absolute atomic E-state index is 0.0308. The first-order chi connectivity index (χ1) is 26.3. The summed E-state index contributed by atoms with van der Waals surface area (Å²) >= 11 is 6.32. The Morgan fingerprint density at radius 1 is 0.944 bits per heavy atom. The van der Waals surface area contributed by atoms with Gasteiger partial charge in [0.25, 0.3) is 5.89 Å². The van der Waals surface area contributed by atoms with Crippen molar-refractivity contribution in [3.8, 4) is 0 Å². The number of rotatable bonds is 18. The number of oxazole rings is 1. The van der Waals surface area contributed by atoms with Crippen molar-refractivity contribution >= 4 is 46.3 Å². The van der Waals surface area contributed by atoms with Crippen LogP contribution in [0.25, 0.3) is 11.1 Å². The van der Waals surface area contributed by atoms with E-state index in [1.807, 2.05) is 18.2 Å². The van der Waals surface area contributed by atoms with Crippen LogP contribution >= 0.6 is 11.6 Å². The number of ketones is 2. The van der Waals surface area contributed by atoms with E-state index in [1.54, 1.807) is 35.2 Å². The van der Waals surface area contributed by atoms with E-state index in [0.717, 1.165) is 44.1 Å². The zero-order valence-corrected chi connectivity index (χ0v) is 32.0. The summed E-state index contributed by atoms with van der Waals surface area (Å²) in [6, 6.07) is 12.5. The van der Waals surface area contributed by atoms with Crippen LogP contribution in [0, 0.1) is 17.8 Å². The van der Waals surface area contributed by atoms with E-state index in [1.165, 1.54) is 19.3 Å². The van der Waals surface area contributed by atoms with Crippen molar-refractivity contribution in [2.24, 2.45) is 23.5 Å². The van der Waals surface area contributed by atoms with Crippen molar-refractivity contribution in [1.82, 2.24) is 15.2 Å². The van der Waals surface area contributed by atoms with E-state index in [2.05, 4.69) is 10.3 Å². The highest BCUT2D eigenvalue weighted by Crippen LogP contribution is 2.31. The molecule has 3 N–H and O–H groups in total. The van der Waals surface area contributed by atoms with Gasteiger partial charge >= 0.3 is 6.09 Å². The minimum Gasteiger partial charge on any atom is -0.449 e. The molecule has 0 unspecified atom stereocenters. The van der Waals surface area contributed by atoms with Crippen LogP contribution < -0.4 is 11.1 Å². The standard InChI is InChI=1S/C42H55ClN4O7/c43-32-17-10-15-30(21-32)22-35(46-42(51)53-27-29-13-4-5-14-29)41(50)47-25-33(52-26-28-11-2-1-3-12-28)24-36(47)37(48)23-31(16-8-9-20-44)39(49)40-45-34-18-6-7-19-38(34)54-40/h6-7,10,15,17-19,21,28-29,31,33,35-36H,1-5,8-9,11-14,16,20,22-27,44H2,(H,46,51)/t31-,33-,35-,36+/m1/s1. The SMILES string of the molecule is NCCCC[C@H](CC(=O)[C@@H]1C[C@@H](OCC2CCCCC2)CN1C(=O)[C@@H](Cc1cccc(Cl)c1)NC(=O)OCC1CCCC1)C(=O)c1nc2ccccc2o1. The predicted octanol–water partition coefficient (Wildman–Crippen LogP) is 7.46. The van der Waals surface area contributed by atoms with Gasteiger partial charge in [-0.3, -0.25) is 14.4 Å². The van der Waals surface area contributed by atoms with E-state index in [4.69, 9.17) is 31.2 Å². The van der Waals surface area contributed by atoms with Gasteiger partial charge in [0.2, 0.25) is 11.7 Å². The second kappa shape index (κ2) is 19.7. The fraction of sp³-hybridized carbons (Fsp3) is 0.595. The Kier molecular flexibility index (Phi) is 14.5. The lowest BCUT2D eigenvalue weighted by Crippen LogP contribution is -2.53. The molecule has 2 heterocycles. The molecule has 1 aliphatic heterocycles. The molecule has 1 aromatic heterocycles. The van der Waals surface area contributed by atoms with Gasteiger partial charge in [0.1, 0.15) is 11.6 Å². The number of fused-ring (bicyclic) bond motifs is 1. The zero-order chi connectivity index (χ0) is 37.9. The number of para-hydroxylation sites is 2. The molecule has 0 radical (unpaired) electrons. The number of unbranched alkanes of at least 4 members (excludes halogenated alkanes) is 1. The number of carbonyl (C=O) groups excluding carboxylic acids is 4. The lowest BCUT2D eigenvalue weighted by Gasteiger charge is -2.29. The maximum Gasteiger partial charge on any atom is 0.407 e. The molecule has 4 atom stereocenters. The molecular formula is C42H55ClN4O7. The summed E-state index contributed by atoms with van der Waals surface area (Å²) in [6.07, 6.45) is 11.2. The summed E-state index contributed by atoms with van der Waals surface area (Å²) in [6.45, 7) is 1.53. The number of amides is 2. The molecule has 2 aromatic carbocycles. The molecule has 54 heavy (non-hydrogen) atoms. The topological polar surface area (TPSA) is 154 Å². The molecule has 2 saturated carbocycles. The van der Waals surface area contributed by atoms with Gasteiger partial charge in [-0.05, 0) is 86.7 Å². The fourth-order valence-corrected chi connectivity index (χ4v) is 8.55. The van der Waals surface area contributed by atoms with E-state index >= 15 is 0 Å². The first kappa shape index (κ1) is 39.9. The van der Waals surface area contributed by atoms with Gasteiger partial charge in [0.15, 0.2) is 11.4 Å². The molecule has 11 nitrogen and oxygen atoms in total. The molecule has 1 saturated heterocycles. The average Bonchev–Trinajstić information content (AvgIpc) is 3.96. The third-order valence-corrected chi connectivity index (χ3v) is 11.6. The number of nitrogens with two attached hydrogens (primary N) is 1. The van der Waals surface area contributed by atoms with Crippen molar-refractivity contribution in [1.29, 1.82) is 0 Å². The number of hydrogen-bond acceptors (Lipinski definition) is 9. The Balaban J connectivity index is 1.22. The molecule has 292 valence electrons. The number of nitrogens with one attached hydrogen (secondary N) is 1. The number of benzene rings is 2. The summed E-state index contributed by atoms with van der Waals surface area (Å²) < 4.78 is 17.9. The number of aromatic nitrogens is 1. The van der Waals surface area contributed by atoms with Crippen LogP contribution in [0.15, 0.2) is 52.9 Å². The number of nitrogens with zero attached hydrogens (tertiary/aromatic N) is 2. The third-order valence-electron chi connectivity index (χ3n) is 11.4. The van der Waals surface area contributed by atoms with Gasteiger partial charge < -0.3 is 29.8 Å². The highest BCUT2D eigenvalue weighted by Gasteiger charge is 2.44. The summed E-state index contributed by atoms with van der Waals surface area (Å²) in [4.78, 5) is 62.2. The quantitative estimate of drug-likeness (QED) is 0.0993. The molecule has 6 rings (SSSR count). The molecule has 3 aromatic rings. The molecule has 2 aliphatic carbocycles. The fourth-order valence-electron chi connectivity index (χ4n) is 8.34. The Morgan fingerprint density at radius 2 is 1.69 bits per heavy atom. The second-order valence-electron chi connectivity index (χ2n) is 15.5. The Bertz CT molecular complexity index is 1690. The van der Waals surface area contributed by atoms with Crippen molar-refractivity contribution in [2.45, 2.75) is 114 Å². The third kappa shape index (κ3) is 10.9. The first-order valence-corrected chi connectivity index (χ1v) is 20.4. The van der Waals surface area contributed by atoms with Crippen molar-refractivity contribution in [3.05, 3.63) is 65.0 Å². The molecule has 0 spiro atoms. The van der Waals surface area contributed by atoms with Gasteiger partial charge in [-0.15, -0.1) is 0 Å². The van der Waals surface area contributed by atoms with Gasteiger partial charge in [0, 0.05) is 43.4 Å². The zero-order valence-electron chi connectivity index (χ0n) is 31.2. The largest absolute Gasteiger partial charge is 0.449 e. The number of likely N-dealkylation sites (tertiary alicyclic amines) is 1. The van der Waals surface area contributed by atoms with Crippen LogP contribution in [0.5, 0.6) is 0 Å². The molecule has 12 heteroatoms. The van der Waals surface area contributed by atoms with E-state index in [0.29, 0.717) is 73.4 Å². The van der Waals surface area contributed by atoms with E-state index in [9.17, 15) is 19.2 Å². The average molecular weight is 763 g/mol. The number of Topliss-reactive ketones (excluding diaryl/α,β-unsaturated/α-hetero) is 2. The minimum atomic E-state index is -1.02. The monoisotopic (exact) mass is 762 g/mol. The van der Waals surface area contributed by atoms with Gasteiger partial charge in [-0.25, -0.2) is 9.78 Å². The Hall–Kier alpha value is -3.80. The second-order valence-corrected chi connectivity index (χ2v) is 15.9. The van der Waals surface area contributed by atoms with Gasteiger partial charge in [0.05, 0.1) is 18.8 Å².